The first-order valence-corrected chi connectivity index (χ1v) is 7.66. The van der Waals surface area contributed by atoms with Gasteiger partial charge >= 0.3 is 0 Å². The molecule has 0 saturated heterocycles. The van der Waals surface area contributed by atoms with Crippen molar-refractivity contribution < 1.29 is 5.11 Å². The highest BCUT2D eigenvalue weighted by Gasteiger charge is 2.20. The van der Waals surface area contributed by atoms with Crippen molar-refractivity contribution in [3.8, 4) is 0 Å². The van der Waals surface area contributed by atoms with E-state index in [1.54, 1.807) is 6.20 Å². The van der Waals surface area contributed by atoms with Gasteiger partial charge in [-0.05, 0) is 56.6 Å². The summed E-state index contributed by atoms with van der Waals surface area (Å²) in [5, 5.41) is 14.8. The van der Waals surface area contributed by atoms with Crippen LogP contribution in [0, 0.1) is 3.57 Å². The van der Waals surface area contributed by atoms with Gasteiger partial charge in [0.25, 0.3) is 0 Å². The van der Waals surface area contributed by atoms with Crippen LogP contribution in [0.15, 0.2) is 34.9 Å². The number of hydrogen-bond donors (Lipinski definition) is 1. The lowest BCUT2D eigenvalue weighted by atomic mass is 10.1. The Morgan fingerprint density at radius 3 is 2.83 bits per heavy atom. The Kier molecular flexibility index (Phi) is 4.80. The van der Waals surface area contributed by atoms with Gasteiger partial charge in [0.1, 0.15) is 6.10 Å². The van der Waals surface area contributed by atoms with E-state index >= 15 is 0 Å². The molecule has 0 radical (unpaired) electrons. The summed E-state index contributed by atoms with van der Waals surface area (Å²) >= 11 is 5.70. The van der Waals surface area contributed by atoms with Crippen LogP contribution in [0.25, 0.3) is 0 Å². The van der Waals surface area contributed by atoms with E-state index in [2.05, 4.69) is 50.5 Å². The maximum absolute atomic E-state index is 10.6. The fraction of sp³-hybridized carbons (Fsp3) is 0.308. The second-order valence-electron chi connectivity index (χ2n) is 4.02. The number of aliphatic hydroxyl groups excluding tert-OH is 1. The number of aliphatic hydroxyl groups is 1. The average molecular weight is 421 g/mol. The minimum Gasteiger partial charge on any atom is -0.382 e. The predicted octanol–water partition coefficient (Wildman–Crippen LogP) is 3.74. The molecule has 0 spiro atoms. The lowest BCUT2D eigenvalue weighted by molar-refractivity contribution is 0.205. The monoisotopic (exact) mass is 420 g/mol. The molecule has 0 aliphatic heterocycles. The number of nitrogens with zero attached hydrogens (tertiary/aromatic N) is 2. The van der Waals surface area contributed by atoms with Gasteiger partial charge in [-0.1, -0.05) is 25.1 Å². The zero-order valence-corrected chi connectivity index (χ0v) is 13.7. The summed E-state index contributed by atoms with van der Waals surface area (Å²) in [6, 6.07) is 7.85. The molecule has 1 aromatic heterocycles. The summed E-state index contributed by atoms with van der Waals surface area (Å²) < 4.78 is 3.76. The first-order chi connectivity index (χ1) is 8.65. The third kappa shape index (κ3) is 2.78. The van der Waals surface area contributed by atoms with Gasteiger partial charge in [0.05, 0.1) is 16.4 Å². The number of aromatic nitrogens is 2. The molecule has 0 aliphatic rings. The zero-order valence-electron chi connectivity index (χ0n) is 9.98. The Morgan fingerprint density at radius 1 is 1.44 bits per heavy atom. The quantitative estimate of drug-likeness (QED) is 0.765. The van der Waals surface area contributed by atoms with Gasteiger partial charge in [-0.3, -0.25) is 4.68 Å². The summed E-state index contributed by atoms with van der Waals surface area (Å²) in [5.74, 6) is 0. The maximum Gasteiger partial charge on any atom is 0.123 e. The number of aryl methyl sites for hydroxylation is 1. The van der Waals surface area contributed by atoms with Crippen molar-refractivity contribution >= 4 is 38.5 Å². The van der Waals surface area contributed by atoms with Crippen LogP contribution >= 0.6 is 38.5 Å². The minimum absolute atomic E-state index is 0.651. The van der Waals surface area contributed by atoms with Crippen LogP contribution in [0.1, 0.15) is 30.7 Å². The molecule has 18 heavy (non-hydrogen) atoms. The molecule has 0 bridgehead atoms. The fourth-order valence-electron chi connectivity index (χ4n) is 1.88. The molecule has 2 rings (SSSR count). The lowest BCUT2D eigenvalue weighted by Crippen LogP contribution is -2.11. The van der Waals surface area contributed by atoms with E-state index in [4.69, 9.17) is 0 Å². The van der Waals surface area contributed by atoms with Crippen LogP contribution in [0.2, 0.25) is 0 Å². The molecule has 96 valence electrons. The summed E-state index contributed by atoms with van der Waals surface area (Å²) in [4.78, 5) is 0. The molecule has 0 aliphatic carbocycles. The summed E-state index contributed by atoms with van der Waals surface area (Å²) in [5.41, 5.74) is 1.73. The predicted molar refractivity (Wildman–Crippen MR) is 83.4 cm³/mol. The van der Waals surface area contributed by atoms with Gasteiger partial charge in [-0.25, -0.2) is 0 Å². The van der Waals surface area contributed by atoms with Crippen LogP contribution < -0.4 is 0 Å². The molecule has 0 amide bonds. The molecular formula is C13H14BrIN2O. The number of hydrogen-bond acceptors (Lipinski definition) is 2. The van der Waals surface area contributed by atoms with Crippen molar-refractivity contribution in [2.45, 2.75) is 26.0 Å². The van der Waals surface area contributed by atoms with E-state index < -0.39 is 6.10 Å². The van der Waals surface area contributed by atoms with Crippen molar-refractivity contribution in [3.05, 3.63) is 49.8 Å². The van der Waals surface area contributed by atoms with E-state index in [9.17, 15) is 5.11 Å². The SMILES string of the molecule is CCCn1ncc(Br)c1C(O)c1ccccc1I. The molecule has 5 heteroatoms. The first-order valence-electron chi connectivity index (χ1n) is 5.78. The Balaban J connectivity index is 2.42. The minimum atomic E-state index is -0.651. The molecular weight excluding hydrogens is 407 g/mol. The van der Waals surface area contributed by atoms with Gasteiger partial charge in [-0.2, -0.15) is 5.10 Å². The standard InChI is InChI=1S/C13H14BrIN2O/c1-2-7-17-12(10(14)8-16-17)13(18)9-5-3-4-6-11(9)15/h3-6,8,13,18H,2,7H2,1H3. The van der Waals surface area contributed by atoms with Crippen LogP contribution in [-0.4, -0.2) is 14.9 Å². The summed E-state index contributed by atoms with van der Waals surface area (Å²) in [7, 11) is 0. The Labute approximate surface area is 128 Å². The average Bonchev–Trinajstić information content (AvgIpc) is 2.71. The van der Waals surface area contributed by atoms with E-state index in [-0.39, 0.29) is 0 Å². The van der Waals surface area contributed by atoms with Crippen molar-refractivity contribution in [2.24, 2.45) is 0 Å². The highest BCUT2D eigenvalue weighted by atomic mass is 127. The molecule has 0 fully saturated rings. The topological polar surface area (TPSA) is 38.0 Å². The van der Waals surface area contributed by atoms with Crippen molar-refractivity contribution in [3.63, 3.8) is 0 Å². The van der Waals surface area contributed by atoms with Gasteiger partial charge in [0.15, 0.2) is 0 Å². The molecule has 1 aromatic carbocycles. The van der Waals surface area contributed by atoms with Gasteiger partial charge in [0, 0.05) is 10.1 Å². The first kappa shape index (κ1) is 14.0. The third-order valence-corrected chi connectivity index (χ3v) is 4.32. The van der Waals surface area contributed by atoms with Crippen molar-refractivity contribution in [2.75, 3.05) is 0 Å². The highest BCUT2D eigenvalue weighted by molar-refractivity contribution is 14.1. The molecule has 0 saturated carbocycles. The molecule has 1 heterocycles. The molecule has 1 atom stereocenters. The Bertz CT molecular complexity index is 542. The summed E-state index contributed by atoms with van der Waals surface area (Å²) in [6.45, 7) is 2.90. The summed E-state index contributed by atoms with van der Waals surface area (Å²) in [6.07, 6.45) is 2.07. The largest absolute Gasteiger partial charge is 0.382 e. The van der Waals surface area contributed by atoms with Crippen molar-refractivity contribution in [1.29, 1.82) is 0 Å². The maximum atomic E-state index is 10.6. The van der Waals surface area contributed by atoms with Crippen molar-refractivity contribution in [1.82, 2.24) is 9.78 Å². The zero-order chi connectivity index (χ0) is 13.1. The van der Waals surface area contributed by atoms with E-state index in [0.717, 1.165) is 32.3 Å². The van der Waals surface area contributed by atoms with Gasteiger partial charge < -0.3 is 5.11 Å². The van der Waals surface area contributed by atoms with Gasteiger partial charge in [0.2, 0.25) is 0 Å². The smallest absolute Gasteiger partial charge is 0.123 e. The second-order valence-corrected chi connectivity index (χ2v) is 6.04. The molecule has 1 N–H and O–H groups in total. The van der Waals surface area contributed by atoms with E-state index in [0.29, 0.717) is 0 Å². The van der Waals surface area contributed by atoms with Crippen LogP contribution in [0.5, 0.6) is 0 Å². The fourth-order valence-corrected chi connectivity index (χ4v) is 3.07. The molecule has 1 unspecified atom stereocenters. The van der Waals surface area contributed by atoms with Gasteiger partial charge in [-0.15, -0.1) is 0 Å². The normalized spacial score (nSPS) is 12.7. The van der Waals surface area contributed by atoms with Crippen LogP contribution in [0.3, 0.4) is 0 Å². The Hall–Kier alpha value is -0.400. The van der Waals surface area contributed by atoms with E-state index in [1.165, 1.54) is 0 Å². The lowest BCUT2D eigenvalue weighted by Gasteiger charge is -2.15. The van der Waals surface area contributed by atoms with E-state index in [1.807, 2.05) is 28.9 Å². The molecule has 2 aromatic rings. The van der Waals surface area contributed by atoms with Crippen LogP contribution in [-0.2, 0) is 6.54 Å². The molecule has 3 nitrogen and oxygen atoms in total. The number of rotatable bonds is 4. The third-order valence-electron chi connectivity index (χ3n) is 2.73. The Morgan fingerprint density at radius 2 is 2.17 bits per heavy atom. The number of benzene rings is 1. The highest BCUT2D eigenvalue weighted by Crippen LogP contribution is 2.30. The number of halogens is 2. The second kappa shape index (κ2) is 6.16. The van der Waals surface area contributed by atoms with Crippen LogP contribution in [0.4, 0.5) is 0 Å².